The summed E-state index contributed by atoms with van der Waals surface area (Å²) in [4.78, 5) is 11.5. The second-order valence-corrected chi connectivity index (χ2v) is 3.31. The van der Waals surface area contributed by atoms with Crippen LogP contribution in [0.3, 0.4) is 0 Å². The van der Waals surface area contributed by atoms with Crippen molar-refractivity contribution in [2.75, 3.05) is 0 Å². The van der Waals surface area contributed by atoms with Crippen LogP contribution in [0.25, 0.3) is 10.8 Å². The molecular formula is C11H11NO2. The fourth-order valence-corrected chi connectivity index (χ4v) is 1.38. The summed E-state index contributed by atoms with van der Waals surface area (Å²) < 4.78 is 5.07. The normalized spacial score (nSPS) is 13.0. The van der Waals surface area contributed by atoms with Crippen LogP contribution < -0.4 is 11.4 Å². The molecule has 2 N–H and O–H groups in total. The van der Waals surface area contributed by atoms with Crippen LogP contribution in [0.5, 0.6) is 0 Å². The van der Waals surface area contributed by atoms with Gasteiger partial charge in [-0.2, -0.15) is 0 Å². The molecule has 0 saturated heterocycles. The Hall–Kier alpha value is -1.61. The van der Waals surface area contributed by atoms with E-state index < -0.39 is 0 Å². The molecule has 0 spiro atoms. The molecule has 3 heteroatoms. The summed E-state index contributed by atoms with van der Waals surface area (Å²) in [6.45, 7) is 1.78. The zero-order valence-electron chi connectivity index (χ0n) is 7.86. The van der Waals surface area contributed by atoms with Gasteiger partial charge in [0.05, 0.1) is 11.4 Å². The van der Waals surface area contributed by atoms with Gasteiger partial charge >= 0.3 is 5.63 Å². The number of hydrogen-bond donors (Lipinski definition) is 1. The molecule has 2 rings (SSSR count). The Bertz CT molecular complexity index is 514. The van der Waals surface area contributed by atoms with Gasteiger partial charge in [-0.1, -0.05) is 18.2 Å². The molecule has 14 heavy (non-hydrogen) atoms. The van der Waals surface area contributed by atoms with Gasteiger partial charge in [-0.3, -0.25) is 0 Å². The first-order valence-electron chi connectivity index (χ1n) is 4.47. The summed E-state index contributed by atoms with van der Waals surface area (Å²) in [6.07, 6.45) is 0. The van der Waals surface area contributed by atoms with Crippen LogP contribution in [0.4, 0.5) is 0 Å². The van der Waals surface area contributed by atoms with Crippen LogP contribution in [0.2, 0.25) is 0 Å². The zero-order valence-corrected chi connectivity index (χ0v) is 7.86. The van der Waals surface area contributed by atoms with E-state index in [-0.39, 0.29) is 11.7 Å². The molecule has 1 atom stereocenters. The Morgan fingerprint density at radius 1 is 1.36 bits per heavy atom. The molecule has 1 heterocycles. The molecule has 72 valence electrons. The van der Waals surface area contributed by atoms with Gasteiger partial charge < -0.3 is 10.2 Å². The molecule has 0 aliphatic heterocycles. The van der Waals surface area contributed by atoms with Crippen molar-refractivity contribution in [3.63, 3.8) is 0 Å². The summed E-state index contributed by atoms with van der Waals surface area (Å²) in [5.74, 6) is 0.522. The van der Waals surface area contributed by atoms with Crippen molar-refractivity contribution in [1.82, 2.24) is 0 Å². The van der Waals surface area contributed by atoms with Crippen LogP contribution in [0.15, 0.2) is 39.5 Å². The lowest BCUT2D eigenvalue weighted by atomic mass is 10.1. The Kier molecular flexibility index (Phi) is 2.09. The zero-order chi connectivity index (χ0) is 10.1. The van der Waals surface area contributed by atoms with Gasteiger partial charge in [0.1, 0.15) is 5.76 Å². The lowest BCUT2D eigenvalue weighted by Crippen LogP contribution is -2.09. The van der Waals surface area contributed by atoms with E-state index in [2.05, 4.69) is 0 Å². The summed E-state index contributed by atoms with van der Waals surface area (Å²) in [6, 6.07) is 8.86. The molecule has 0 radical (unpaired) electrons. The molecule has 1 aromatic heterocycles. The predicted molar refractivity (Wildman–Crippen MR) is 55.1 cm³/mol. The van der Waals surface area contributed by atoms with Crippen LogP contribution in [0.1, 0.15) is 18.7 Å². The average Bonchev–Trinajstić information content (AvgIpc) is 2.17. The quantitative estimate of drug-likeness (QED) is 0.744. The molecular weight excluding hydrogens is 178 g/mol. The number of benzene rings is 1. The van der Waals surface area contributed by atoms with Crippen molar-refractivity contribution in [1.29, 1.82) is 0 Å². The molecule has 2 aromatic rings. The van der Waals surface area contributed by atoms with Crippen molar-refractivity contribution >= 4 is 10.8 Å². The molecule has 0 aliphatic carbocycles. The summed E-state index contributed by atoms with van der Waals surface area (Å²) in [5.41, 5.74) is 5.32. The Labute approximate surface area is 81.1 Å². The number of fused-ring (bicyclic) bond motifs is 1. The third-order valence-corrected chi connectivity index (χ3v) is 2.14. The average molecular weight is 189 g/mol. The maximum atomic E-state index is 11.5. The lowest BCUT2D eigenvalue weighted by molar-refractivity contribution is 0.442. The predicted octanol–water partition coefficient (Wildman–Crippen LogP) is 1.81. The van der Waals surface area contributed by atoms with Crippen LogP contribution in [0, 0.1) is 0 Å². The Morgan fingerprint density at radius 3 is 2.79 bits per heavy atom. The van der Waals surface area contributed by atoms with E-state index in [0.717, 1.165) is 5.39 Å². The van der Waals surface area contributed by atoms with Crippen molar-refractivity contribution < 1.29 is 4.42 Å². The minimum Gasteiger partial charge on any atom is -0.426 e. The van der Waals surface area contributed by atoms with Gasteiger partial charge in [0.15, 0.2) is 0 Å². The first-order chi connectivity index (χ1) is 6.68. The second-order valence-electron chi connectivity index (χ2n) is 3.31. The van der Waals surface area contributed by atoms with Crippen molar-refractivity contribution in [3.05, 3.63) is 46.5 Å². The first-order valence-corrected chi connectivity index (χ1v) is 4.47. The fraction of sp³-hybridized carbons (Fsp3) is 0.182. The highest BCUT2D eigenvalue weighted by molar-refractivity contribution is 5.81. The molecule has 1 aromatic carbocycles. The van der Waals surface area contributed by atoms with Crippen molar-refractivity contribution in [3.8, 4) is 0 Å². The van der Waals surface area contributed by atoms with E-state index in [1.54, 1.807) is 19.1 Å². The van der Waals surface area contributed by atoms with E-state index in [1.165, 1.54) is 0 Å². The fourth-order valence-electron chi connectivity index (χ4n) is 1.38. The molecule has 3 nitrogen and oxygen atoms in total. The number of hydrogen-bond acceptors (Lipinski definition) is 3. The SMILES string of the molecule is C[C@H](N)c1cc2ccccc2c(=O)o1. The first kappa shape index (κ1) is 8.97. The minimum absolute atomic E-state index is 0.257. The largest absolute Gasteiger partial charge is 0.426 e. The molecule has 0 amide bonds. The number of rotatable bonds is 1. The third-order valence-electron chi connectivity index (χ3n) is 2.14. The monoisotopic (exact) mass is 189 g/mol. The molecule has 0 saturated carbocycles. The van der Waals surface area contributed by atoms with Gasteiger partial charge in [0.25, 0.3) is 0 Å². The molecule has 0 bridgehead atoms. The molecule has 0 aliphatic rings. The second kappa shape index (κ2) is 3.27. The highest BCUT2D eigenvalue weighted by atomic mass is 16.4. The highest BCUT2D eigenvalue weighted by Gasteiger charge is 2.06. The van der Waals surface area contributed by atoms with Crippen LogP contribution in [-0.2, 0) is 0 Å². The Balaban J connectivity index is 2.79. The highest BCUT2D eigenvalue weighted by Crippen LogP contribution is 2.15. The van der Waals surface area contributed by atoms with E-state index in [9.17, 15) is 4.79 Å². The maximum Gasteiger partial charge on any atom is 0.343 e. The molecule has 0 unspecified atom stereocenters. The molecule has 0 fully saturated rings. The maximum absolute atomic E-state index is 11.5. The summed E-state index contributed by atoms with van der Waals surface area (Å²) in [5, 5.41) is 1.47. The standard InChI is InChI=1S/C11H11NO2/c1-7(12)10-6-8-4-2-3-5-9(8)11(13)14-10/h2-7H,12H2,1H3/t7-/m0/s1. The Morgan fingerprint density at radius 2 is 2.07 bits per heavy atom. The summed E-state index contributed by atoms with van der Waals surface area (Å²) >= 11 is 0. The van der Waals surface area contributed by atoms with E-state index in [4.69, 9.17) is 10.2 Å². The van der Waals surface area contributed by atoms with E-state index in [0.29, 0.717) is 11.1 Å². The number of nitrogens with two attached hydrogens (primary N) is 1. The van der Waals surface area contributed by atoms with E-state index >= 15 is 0 Å². The van der Waals surface area contributed by atoms with Gasteiger partial charge in [-0.25, -0.2) is 4.79 Å². The summed E-state index contributed by atoms with van der Waals surface area (Å²) in [7, 11) is 0. The van der Waals surface area contributed by atoms with Crippen LogP contribution >= 0.6 is 0 Å². The smallest absolute Gasteiger partial charge is 0.343 e. The van der Waals surface area contributed by atoms with Gasteiger partial charge in [0, 0.05) is 0 Å². The van der Waals surface area contributed by atoms with Gasteiger partial charge in [-0.15, -0.1) is 0 Å². The van der Waals surface area contributed by atoms with Crippen molar-refractivity contribution in [2.45, 2.75) is 13.0 Å². The van der Waals surface area contributed by atoms with Crippen LogP contribution in [-0.4, -0.2) is 0 Å². The van der Waals surface area contributed by atoms with E-state index in [1.807, 2.05) is 18.2 Å². The third kappa shape index (κ3) is 1.42. The van der Waals surface area contributed by atoms with Gasteiger partial charge in [0.2, 0.25) is 0 Å². The topological polar surface area (TPSA) is 56.2 Å². The van der Waals surface area contributed by atoms with Crippen molar-refractivity contribution in [2.24, 2.45) is 5.73 Å². The van der Waals surface area contributed by atoms with Gasteiger partial charge in [-0.05, 0) is 24.4 Å². The minimum atomic E-state index is -0.324. The lowest BCUT2D eigenvalue weighted by Gasteiger charge is -2.04.